The molecule has 2 N–H and O–H groups in total. The van der Waals surface area contributed by atoms with Gasteiger partial charge in [0, 0.05) is 65.8 Å². The van der Waals surface area contributed by atoms with Crippen LogP contribution in [0.4, 0.5) is 11.6 Å². The molecule has 8 heteroatoms. The van der Waals surface area contributed by atoms with Crippen molar-refractivity contribution in [3.63, 3.8) is 0 Å². The SMILES string of the molecule is Cc1ccc2[nH]c(O)c(/C=c3\ccc4c(c3)N=NC=4c3cnc(N4CCN(C)CC4)nc3)c2c1. The van der Waals surface area contributed by atoms with Crippen molar-refractivity contribution in [3.8, 4) is 5.88 Å². The lowest BCUT2D eigenvalue weighted by Gasteiger charge is -2.32. The zero-order valence-electron chi connectivity index (χ0n) is 19.2. The first-order chi connectivity index (χ1) is 16.5. The molecule has 0 spiro atoms. The maximum absolute atomic E-state index is 10.4. The van der Waals surface area contributed by atoms with E-state index in [2.05, 4.69) is 48.1 Å². The minimum Gasteiger partial charge on any atom is -0.494 e. The maximum Gasteiger partial charge on any atom is 0.225 e. The molecular weight excluding hydrogens is 426 g/mol. The van der Waals surface area contributed by atoms with Gasteiger partial charge in [0.2, 0.25) is 5.95 Å². The summed E-state index contributed by atoms with van der Waals surface area (Å²) in [5.74, 6) is 0.916. The minimum absolute atomic E-state index is 0.160. The van der Waals surface area contributed by atoms with Crippen LogP contribution in [0.25, 0.3) is 22.7 Å². The zero-order valence-corrected chi connectivity index (χ0v) is 19.2. The van der Waals surface area contributed by atoms with Crippen molar-refractivity contribution in [2.45, 2.75) is 6.92 Å². The van der Waals surface area contributed by atoms with E-state index >= 15 is 0 Å². The van der Waals surface area contributed by atoms with Crippen LogP contribution in [0.1, 0.15) is 16.7 Å². The zero-order chi connectivity index (χ0) is 23.2. The molecule has 0 bridgehead atoms. The standard InChI is InChI=1S/C26H25N7O/c1-16-3-6-22-20(11-16)21(25(34)29-22)12-17-4-5-19-23(13-17)30-31-24(19)18-14-27-26(28-15-18)33-9-7-32(2)8-10-33/h3-6,11-15,29,34H,7-10H2,1-2H3/b17-12+. The Morgan fingerprint density at radius 2 is 1.76 bits per heavy atom. The second-order valence-corrected chi connectivity index (χ2v) is 8.97. The third kappa shape index (κ3) is 3.62. The van der Waals surface area contributed by atoms with E-state index in [1.165, 1.54) is 0 Å². The van der Waals surface area contributed by atoms with Gasteiger partial charge in [-0.15, -0.1) is 10.2 Å². The van der Waals surface area contributed by atoms with Crippen LogP contribution in [0.5, 0.6) is 5.88 Å². The number of likely N-dealkylation sites (N-methyl/N-ethyl adjacent to an activating group) is 1. The summed E-state index contributed by atoms with van der Waals surface area (Å²) in [5, 5.41) is 22.1. The number of hydrogen-bond acceptors (Lipinski definition) is 7. The molecule has 0 radical (unpaired) electrons. The Hall–Kier alpha value is -4.04. The number of rotatable bonds is 3. The van der Waals surface area contributed by atoms with Crippen LogP contribution >= 0.6 is 0 Å². The van der Waals surface area contributed by atoms with Crippen LogP contribution in [-0.2, 0) is 0 Å². The van der Waals surface area contributed by atoms with E-state index in [4.69, 9.17) is 0 Å². The van der Waals surface area contributed by atoms with Gasteiger partial charge in [0.1, 0.15) is 5.70 Å². The van der Waals surface area contributed by atoms with Gasteiger partial charge in [-0.05, 0) is 49.5 Å². The molecule has 4 aromatic rings. The number of aromatic amines is 1. The molecule has 170 valence electrons. The van der Waals surface area contributed by atoms with Gasteiger partial charge < -0.3 is 19.9 Å². The highest BCUT2D eigenvalue weighted by Crippen LogP contribution is 2.29. The Kier molecular flexibility index (Phi) is 4.88. The molecule has 0 aliphatic carbocycles. The summed E-state index contributed by atoms with van der Waals surface area (Å²) in [5.41, 5.74) is 5.24. The molecular formula is C26H25N7O. The highest BCUT2D eigenvalue weighted by atomic mass is 16.3. The van der Waals surface area contributed by atoms with Gasteiger partial charge in [-0.2, -0.15) is 0 Å². The summed E-state index contributed by atoms with van der Waals surface area (Å²) in [6.07, 6.45) is 5.63. The summed E-state index contributed by atoms with van der Waals surface area (Å²) in [6, 6.07) is 12.1. The van der Waals surface area contributed by atoms with Crippen molar-refractivity contribution in [1.82, 2.24) is 19.9 Å². The molecule has 2 aromatic carbocycles. The number of nitrogens with one attached hydrogen (secondary N) is 1. The van der Waals surface area contributed by atoms with Crippen LogP contribution in [0.2, 0.25) is 0 Å². The molecule has 4 heterocycles. The Labute approximate surface area is 196 Å². The number of piperazine rings is 1. The van der Waals surface area contributed by atoms with Gasteiger partial charge in [-0.3, -0.25) is 0 Å². The normalized spacial score (nSPS) is 16.6. The lowest BCUT2D eigenvalue weighted by atomic mass is 10.1. The fourth-order valence-electron chi connectivity index (χ4n) is 4.53. The highest BCUT2D eigenvalue weighted by molar-refractivity contribution is 5.92. The first-order valence-corrected chi connectivity index (χ1v) is 11.4. The van der Waals surface area contributed by atoms with Crippen LogP contribution in [-0.4, -0.2) is 58.2 Å². The molecule has 2 aromatic heterocycles. The van der Waals surface area contributed by atoms with Crippen molar-refractivity contribution in [2.75, 3.05) is 38.1 Å². The summed E-state index contributed by atoms with van der Waals surface area (Å²) in [7, 11) is 2.13. The summed E-state index contributed by atoms with van der Waals surface area (Å²) < 4.78 is 0. The second-order valence-electron chi connectivity index (χ2n) is 8.97. The van der Waals surface area contributed by atoms with Gasteiger partial charge in [-0.25, -0.2) is 9.97 Å². The molecule has 0 unspecified atom stereocenters. The Balaban J connectivity index is 1.34. The average molecular weight is 452 g/mol. The van der Waals surface area contributed by atoms with E-state index in [0.29, 0.717) is 0 Å². The monoisotopic (exact) mass is 451 g/mol. The predicted octanol–water partition coefficient (Wildman–Crippen LogP) is 2.81. The molecule has 6 rings (SSSR count). The molecule has 0 amide bonds. The van der Waals surface area contributed by atoms with E-state index in [9.17, 15) is 5.11 Å². The van der Waals surface area contributed by atoms with Gasteiger partial charge >= 0.3 is 0 Å². The van der Waals surface area contributed by atoms with E-state index in [0.717, 1.165) is 81.5 Å². The topological polar surface area (TPSA) is 93.0 Å². The van der Waals surface area contributed by atoms with E-state index in [1.807, 2.05) is 55.7 Å². The predicted molar refractivity (Wildman–Crippen MR) is 133 cm³/mol. The summed E-state index contributed by atoms with van der Waals surface area (Å²) >= 11 is 0. The molecule has 34 heavy (non-hydrogen) atoms. The lowest BCUT2D eigenvalue weighted by Crippen LogP contribution is -2.45. The van der Waals surface area contributed by atoms with E-state index in [1.54, 1.807) is 0 Å². The number of H-pyrrole nitrogens is 1. The number of aromatic hydroxyl groups is 1. The third-order valence-electron chi connectivity index (χ3n) is 6.52. The molecule has 1 saturated heterocycles. The molecule has 1 fully saturated rings. The first kappa shape index (κ1) is 20.6. The average Bonchev–Trinajstić information content (AvgIpc) is 3.40. The molecule has 0 saturated carbocycles. The van der Waals surface area contributed by atoms with Gasteiger partial charge in [-0.1, -0.05) is 17.7 Å². The number of benzene rings is 2. The van der Waals surface area contributed by atoms with Crippen molar-refractivity contribution >= 4 is 34.3 Å². The summed E-state index contributed by atoms with van der Waals surface area (Å²) in [6.45, 7) is 5.93. The number of aromatic nitrogens is 3. The Bertz CT molecular complexity index is 1540. The van der Waals surface area contributed by atoms with Crippen molar-refractivity contribution in [2.24, 2.45) is 10.2 Å². The van der Waals surface area contributed by atoms with Gasteiger partial charge in [0.25, 0.3) is 0 Å². The number of nitrogens with zero attached hydrogens (tertiary/aromatic N) is 6. The number of aryl methyl sites for hydroxylation is 1. The smallest absolute Gasteiger partial charge is 0.225 e. The van der Waals surface area contributed by atoms with E-state index in [-0.39, 0.29) is 5.88 Å². The summed E-state index contributed by atoms with van der Waals surface area (Å²) in [4.78, 5) is 16.8. The molecule has 0 atom stereocenters. The van der Waals surface area contributed by atoms with E-state index < -0.39 is 0 Å². The number of azo groups is 1. The van der Waals surface area contributed by atoms with Crippen molar-refractivity contribution in [1.29, 1.82) is 0 Å². The number of fused-ring (bicyclic) bond motifs is 2. The third-order valence-corrected chi connectivity index (χ3v) is 6.52. The fraction of sp³-hybridized carbons (Fsp3) is 0.231. The minimum atomic E-state index is 0.160. The Morgan fingerprint density at radius 3 is 2.56 bits per heavy atom. The van der Waals surface area contributed by atoms with Crippen molar-refractivity contribution < 1.29 is 5.11 Å². The van der Waals surface area contributed by atoms with Gasteiger partial charge in [0.15, 0.2) is 5.88 Å². The lowest BCUT2D eigenvalue weighted by molar-refractivity contribution is 0.311. The second kappa shape index (κ2) is 8.07. The molecule has 8 nitrogen and oxygen atoms in total. The van der Waals surface area contributed by atoms with Crippen LogP contribution in [0.15, 0.2) is 59.0 Å². The molecule has 2 aliphatic rings. The number of anilines is 1. The number of hydrogen-bond donors (Lipinski definition) is 2. The highest BCUT2D eigenvalue weighted by Gasteiger charge is 2.18. The largest absolute Gasteiger partial charge is 0.494 e. The van der Waals surface area contributed by atoms with Crippen LogP contribution in [0, 0.1) is 6.92 Å². The van der Waals surface area contributed by atoms with Crippen molar-refractivity contribution in [3.05, 3.63) is 75.9 Å². The van der Waals surface area contributed by atoms with Crippen LogP contribution < -0.4 is 15.3 Å². The van der Waals surface area contributed by atoms with Crippen LogP contribution in [0.3, 0.4) is 0 Å². The Morgan fingerprint density at radius 1 is 0.971 bits per heavy atom. The van der Waals surface area contributed by atoms with Gasteiger partial charge in [0.05, 0.1) is 5.69 Å². The maximum atomic E-state index is 10.4. The first-order valence-electron chi connectivity index (χ1n) is 11.4. The molecule has 2 aliphatic heterocycles. The quantitative estimate of drug-likeness (QED) is 0.500. The fourth-order valence-corrected chi connectivity index (χ4v) is 4.53.